The van der Waals surface area contributed by atoms with Crippen LogP contribution in [0.15, 0.2) is 54.6 Å². The molecule has 2 aromatic rings. The molecule has 0 bridgehead atoms. The van der Waals surface area contributed by atoms with E-state index in [0.29, 0.717) is 6.42 Å². The Hall–Kier alpha value is -2.17. The normalized spacial score (nSPS) is 23.5. The van der Waals surface area contributed by atoms with Crippen molar-refractivity contribution in [2.45, 2.75) is 50.4 Å². The molecule has 2 aromatic carbocycles. The lowest BCUT2D eigenvalue weighted by atomic mass is 9.94. The smallest absolute Gasteiger partial charge is 0.240 e. The maximum atomic E-state index is 13.1. The number of aliphatic hydroxyl groups is 1. The molecule has 4 nitrogen and oxygen atoms in total. The summed E-state index contributed by atoms with van der Waals surface area (Å²) in [5, 5.41) is 14.0. The number of carbonyl (C=O) groups is 1. The van der Waals surface area contributed by atoms with Gasteiger partial charge in [0.2, 0.25) is 5.91 Å². The van der Waals surface area contributed by atoms with Crippen LogP contribution in [0.4, 0.5) is 0 Å². The molecule has 2 heterocycles. The second-order valence-electron chi connectivity index (χ2n) is 7.40. The molecule has 0 unspecified atom stereocenters. The highest BCUT2D eigenvalue weighted by Crippen LogP contribution is 2.29. The summed E-state index contributed by atoms with van der Waals surface area (Å²) in [5.41, 5.74) is 3.48. The van der Waals surface area contributed by atoms with Crippen LogP contribution in [0.1, 0.15) is 42.1 Å². The molecule has 0 saturated carbocycles. The Morgan fingerprint density at radius 2 is 1.85 bits per heavy atom. The number of nitrogens with one attached hydrogen (secondary N) is 1. The topological polar surface area (TPSA) is 52.6 Å². The predicted octanol–water partition coefficient (Wildman–Crippen LogP) is 2.82. The van der Waals surface area contributed by atoms with Gasteiger partial charge in [-0.25, -0.2) is 0 Å². The number of amides is 1. The Kier molecular flexibility index (Phi) is 5.05. The molecule has 4 heteroatoms. The first-order valence-electron chi connectivity index (χ1n) is 9.56. The first-order chi connectivity index (χ1) is 12.7. The summed E-state index contributed by atoms with van der Waals surface area (Å²) >= 11 is 0. The quantitative estimate of drug-likeness (QED) is 0.892. The largest absolute Gasteiger partial charge is 0.388 e. The molecular formula is C22H26N2O2. The van der Waals surface area contributed by atoms with Crippen LogP contribution in [0.3, 0.4) is 0 Å². The maximum Gasteiger partial charge on any atom is 0.240 e. The highest BCUT2D eigenvalue weighted by atomic mass is 16.3. The highest BCUT2D eigenvalue weighted by molar-refractivity contribution is 5.83. The second kappa shape index (κ2) is 7.60. The van der Waals surface area contributed by atoms with Crippen molar-refractivity contribution in [3.05, 3.63) is 71.3 Å². The third kappa shape index (κ3) is 3.53. The zero-order chi connectivity index (χ0) is 17.9. The van der Waals surface area contributed by atoms with Crippen molar-refractivity contribution in [2.24, 2.45) is 0 Å². The Morgan fingerprint density at radius 3 is 2.65 bits per heavy atom. The lowest BCUT2D eigenvalue weighted by Crippen LogP contribution is -2.51. The fourth-order valence-corrected chi connectivity index (χ4v) is 4.27. The van der Waals surface area contributed by atoms with Gasteiger partial charge in [0, 0.05) is 19.1 Å². The summed E-state index contributed by atoms with van der Waals surface area (Å²) in [6, 6.07) is 18.0. The number of aliphatic hydroxyl groups excluding tert-OH is 1. The molecule has 1 fully saturated rings. The van der Waals surface area contributed by atoms with Crippen molar-refractivity contribution in [2.75, 3.05) is 6.54 Å². The monoisotopic (exact) mass is 350 g/mol. The number of fused-ring (bicyclic) bond motifs is 1. The van der Waals surface area contributed by atoms with Crippen LogP contribution in [0, 0.1) is 0 Å². The molecule has 2 aliphatic heterocycles. The number of nitrogens with zero attached hydrogens (tertiary/aromatic N) is 1. The summed E-state index contributed by atoms with van der Waals surface area (Å²) in [7, 11) is 0. The van der Waals surface area contributed by atoms with E-state index in [-0.39, 0.29) is 18.0 Å². The van der Waals surface area contributed by atoms with Crippen molar-refractivity contribution < 1.29 is 9.90 Å². The summed E-state index contributed by atoms with van der Waals surface area (Å²) in [5.74, 6) is 0.183. The molecule has 1 saturated heterocycles. The summed E-state index contributed by atoms with van der Waals surface area (Å²) in [4.78, 5) is 15.1. The zero-order valence-electron chi connectivity index (χ0n) is 15.0. The molecule has 26 heavy (non-hydrogen) atoms. The minimum absolute atomic E-state index is 0.122. The molecule has 1 amide bonds. The van der Waals surface area contributed by atoms with Crippen molar-refractivity contribution in [3.8, 4) is 0 Å². The van der Waals surface area contributed by atoms with E-state index in [2.05, 4.69) is 17.4 Å². The van der Waals surface area contributed by atoms with Gasteiger partial charge in [-0.1, -0.05) is 54.6 Å². The number of rotatable bonds is 4. The van der Waals surface area contributed by atoms with Gasteiger partial charge in [-0.2, -0.15) is 0 Å². The van der Waals surface area contributed by atoms with Gasteiger partial charge in [-0.3, -0.25) is 4.79 Å². The molecule has 4 rings (SSSR count). The molecule has 136 valence electrons. The van der Waals surface area contributed by atoms with E-state index in [1.54, 1.807) is 0 Å². The van der Waals surface area contributed by atoms with Crippen LogP contribution in [0.5, 0.6) is 0 Å². The van der Waals surface area contributed by atoms with E-state index in [1.165, 1.54) is 11.1 Å². The van der Waals surface area contributed by atoms with Crippen LogP contribution in [-0.4, -0.2) is 34.5 Å². The predicted molar refractivity (Wildman–Crippen MR) is 102 cm³/mol. The van der Waals surface area contributed by atoms with E-state index < -0.39 is 6.10 Å². The van der Waals surface area contributed by atoms with E-state index >= 15 is 0 Å². The van der Waals surface area contributed by atoms with E-state index in [1.807, 2.05) is 47.4 Å². The van der Waals surface area contributed by atoms with Gasteiger partial charge in [0.05, 0.1) is 12.1 Å². The Balaban J connectivity index is 1.42. The fourth-order valence-electron chi connectivity index (χ4n) is 4.27. The summed E-state index contributed by atoms with van der Waals surface area (Å²) in [6.07, 6.45) is 2.83. The van der Waals surface area contributed by atoms with Gasteiger partial charge < -0.3 is 15.3 Å². The number of benzene rings is 2. The van der Waals surface area contributed by atoms with Gasteiger partial charge in [0.15, 0.2) is 0 Å². The standard InChI is InChI=1S/C22H26N2O2/c25-21(16-7-2-1-3-8-16)14-19-11-6-12-24(19)22(26)20-13-17-9-4-5-10-18(17)15-23-20/h1-5,7-10,19-21,23,25H,6,11-15H2/t19-,20+,21-/m1/s1. The Labute approximate surface area is 154 Å². The first kappa shape index (κ1) is 17.3. The molecule has 2 N–H and O–H groups in total. The zero-order valence-corrected chi connectivity index (χ0v) is 15.0. The second-order valence-corrected chi connectivity index (χ2v) is 7.40. The number of likely N-dealkylation sites (tertiary alicyclic amines) is 1. The van der Waals surface area contributed by atoms with Crippen LogP contribution in [0.2, 0.25) is 0 Å². The number of hydrogen-bond acceptors (Lipinski definition) is 3. The summed E-state index contributed by atoms with van der Waals surface area (Å²) < 4.78 is 0. The molecule has 3 atom stereocenters. The number of carbonyl (C=O) groups excluding carboxylic acids is 1. The number of hydrogen-bond donors (Lipinski definition) is 2. The van der Waals surface area contributed by atoms with Crippen molar-refractivity contribution in [1.29, 1.82) is 0 Å². The SMILES string of the molecule is O=C([C@@H]1Cc2ccccc2CN1)N1CCC[C@@H]1C[C@@H](O)c1ccccc1. The van der Waals surface area contributed by atoms with Crippen LogP contribution >= 0.6 is 0 Å². The average Bonchev–Trinajstić information content (AvgIpc) is 3.15. The fraction of sp³-hybridized carbons (Fsp3) is 0.409. The molecule has 0 spiro atoms. The lowest BCUT2D eigenvalue weighted by molar-refractivity contribution is -0.135. The summed E-state index contributed by atoms with van der Waals surface area (Å²) in [6.45, 7) is 1.54. The van der Waals surface area contributed by atoms with Crippen LogP contribution in [-0.2, 0) is 17.8 Å². The van der Waals surface area contributed by atoms with Gasteiger partial charge >= 0.3 is 0 Å². The van der Waals surface area contributed by atoms with Gasteiger partial charge in [-0.05, 0) is 42.4 Å². The molecule has 0 aromatic heterocycles. The molecule has 2 aliphatic rings. The highest BCUT2D eigenvalue weighted by Gasteiger charge is 2.35. The van der Waals surface area contributed by atoms with Crippen LogP contribution in [0.25, 0.3) is 0 Å². The van der Waals surface area contributed by atoms with Crippen LogP contribution < -0.4 is 5.32 Å². The Morgan fingerprint density at radius 1 is 1.12 bits per heavy atom. The first-order valence-corrected chi connectivity index (χ1v) is 9.56. The Bertz CT molecular complexity index is 762. The molecular weight excluding hydrogens is 324 g/mol. The van der Waals surface area contributed by atoms with Crippen molar-refractivity contribution >= 4 is 5.91 Å². The van der Waals surface area contributed by atoms with E-state index in [4.69, 9.17) is 0 Å². The third-order valence-corrected chi connectivity index (χ3v) is 5.72. The third-order valence-electron chi connectivity index (χ3n) is 5.72. The van der Waals surface area contributed by atoms with Crippen molar-refractivity contribution in [1.82, 2.24) is 10.2 Å². The molecule has 0 radical (unpaired) electrons. The van der Waals surface area contributed by atoms with E-state index in [9.17, 15) is 9.90 Å². The van der Waals surface area contributed by atoms with Gasteiger partial charge in [-0.15, -0.1) is 0 Å². The minimum Gasteiger partial charge on any atom is -0.388 e. The van der Waals surface area contributed by atoms with Gasteiger partial charge in [0.1, 0.15) is 0 Å². The molecule has 0 aliphatic carbocycles. The van der Waals surface area contributed by atoms with Crippen molar-refractivity contribution in [3.63, 3.8) is 0 Å². The average molecular weight is 350 g/mol. The van der Waals surface area contributed by atoms with Gasteiger partial charge in [0.25, 0.3) is 0 Å². The minimum atomic E-state index is -0.519. The maximum absolute atomic E-state index is 13.1. The van der Waals surface area contributed by atoms with E-state index in [0.717, 1.165) is 37.9 Å². The lowest BCUT2D eigenvalue weighted by Gasteiger charge is -2.33.